The highest BCUT2D eigenvalue weighted by atomic mass is 16.4. The van der Waals surface area contributed by atoms with Crippen molar-refractivity contribution in [2.45, 2.75) is 27.2 Å². The summed E-state index contributed by atoms with van der Waals surface area (Å²) in [6.07, 6.45) is 0.694. The highest BCUT2D eigenvalue weighted by molar-refractivity contribution is 5.91. The number of oxazole rings is 1. The van der Waals surface area contributed by atoms with Gasteiger partial charge in [-0.25, -0.2) is 4.98 Å². The lowest BCUT2D eigenvalue weighted by molar-refractivity contribution is 0.0994. The SMILES string of the molecule is Cc1nc(C(N)=O)c(CC(C)C)o1. The first-order valence-electron chi connectivity index (χ1n) is 4.26. The summed E-state index contributed by atoms with van der Waals surface area (Å²) in [5.74, 6) is 0.988. The number of aryl methyl sites for hydroxylation is 1. The monoisotopic (exact) mass is 182 g/mol. The largest absolute Gasteiger partial charge is 0.445 e. The molecule has 0 unspecified atom stereocenters. The average Bonchev–Trinajstić information content (AvgIpc) is 2.29. The molecular formula is C9H14N2O2. The Morgan fingerprint density at radius 1 is 1.62 bits per heavy atom. The number of aromatic nitrogens is 1. The summed E-state index contributed by atoms with van der Waals surface area (Å²) in [5.41, 5.74) is 5.41. The molecular weight excluding hydrogens is 168 g/mol. The van der Waals surface area contributed by atoms with Gasteiger partial charge in [0, 0.05) is 13.3 Å². The van der Waals surface area contributed by atoms with Crippen LogP contribution in [-0.4, -0.2) is 10.9 Å². The molecule has 2 N–H and O–H groups in total. The Bertz CT molecular complexity index is 315. The number of hydrogen-bond donors (Lipinski definition) is 1. The topological polar surface area (TPSA) is 69.1 Å². The van der Waals surface area contributed by atoms with Crippen molar-refractivity contribution in [2.24, 2.45) is 11.7 Å². The smallest absolute Gasteiger partial charge is 0.270 e. The van der Waals surface area contributed by atoms with Crippen LogP contribution >= 0.6 is 0 Å². The van der Waals surface area contributed by atoms with E-state index in [2.05, 4.69) is 4.98 Å². The second kappa shape index (κ2) is 3.60. The summed E-state index contributed by atoms with van der Waals surface area (Å²) >= 11 is 0. The van der Waals surface area contributed by atoms with Gasteiger partial charge in [-0.05, 0) is 5.92 Å². The zero-order valence-electron chi connectivity index (χ0n) is 8.13. The minimum absolute atomic E-state index is 0.270. The molecule has 0 aliphatic heterocycles. The van der Waals surface area contributed by atoms with E-state index in [1.165, 1.54) is 0 Å². The van der Waals surface area contributed by atoms with Gasteiger partial charge in [-0.2, -0.15) is 0 Å². The fraction of sp³-hybridized carbons (Fsp3) is 0.556. The molecule has 0 aromatic carbocycles. The van der Waals surface area contributed by atoms with Crippen LogP contribution in [0.2, 0.25) is 0 Å². The van der Waals surface area contributed by atoms with Crippen molar-refractivity contribution in [3.63, 3.8) is 0 Å². The minimum atomic E-state index is -0.521. The summed E-state index contributed by atoms with van der Waals surface area (Å²) in [6.45, 7) is 5.79. The van der Waals surface area contributed by atoms with E-state index in [9.17, 15) is 4.79 Å². The molecule has 0 spiro atoms. The van der Waals surface area contributed by atoms with E-state index in [1.807, 2.05) is 13.8 Å². The summed E-state index contributed by atoms with van der Waals surface area (Å²) in [4.78, 5) is 14.8. The molecule has 72 valence electrons. The van der Waals surface area contributed by atoms with Crippen LogP contribution in [-0.2, 0) is 6.42 Å². The van der Waals surface area contributed by atoms with E-state index in [4.69, 9.17) is 10.2 Å². The number of amides is 1. The first-order valence-corrected chi connectivity index (χ1v) is 4.26. The van der Waals surface area contributed by atoms with Crippen LogP contribution in [0.4, 0.5) is 0 Å². The first kappa shape index (κ1) is 9.77. The molecule has 0 saturated heterocycles. The van der Waals surface area contributed by atoms with Gasteiger partial charge in [0.15, 0.2) is 11.6 Å². The lowest BCUT2D eigenvalue weighted by Crippen LogP contribution is -2.14. The van der Waals surface area contributed by atoms with Crippen LogP contribution in [0.25, 0.3) is 0 Å². The molecule has 0 aliphatic rings. The van der Waals surface area contributed by atoms with Gasteiger partial charge in [-0.1, -0.05) is 13.8 Å². The van der Waals surface area contributed by atoms with E-state index in [1.54, 1.807) is 6.92 Å². The maximum absolute atomic E-state index is 10.9. The Hall–Kier alpha value is -1.32. The molecule has 4 heteroatoms. The zero-order chi connectivity index (χ0) is 10.0. The van der Waals surface area contributed by atoms with Gasteiger partial charge in [0.25, 0.3) is 5.91 Å². The molecule has 1 aromatic heterocycles. The molecule has 0 bridgehead atoms. The van der Waals surface area contributed by atoms with Crippen molar-refractivity contribution in [3.8, 4) is 0 Å². The summed E-state index contributed by atoms with van der Waals surface area (Å²) in [5, 5.41) is 0. The van der Waals surface area contributed by atoms with E-state index in [0.717, 1.165) is 0 Å². The van der Waals surface area contributed by atoms with Crippen LogP contribution in [0.15, 0.2) is 4.42 Å². The quantitative estimate of drug-likeness (QED) is 0.765. The van der Waals surface area contributed by atoms with Gasteiger partial charge in [0.2, 0.25) is 0 Å². The number of nitrogens with two attached hydrogens (primary N) is 1. The van der Waals surface area contributed by atoms with Crippen molar-refractivity contribution >= 4 is 5.91 Å². The second-order valence-corrected chi connectivity index (χ2v) is 3.47. The maximum atomic E-state index is 10.9. The standard InChI is InChI=1S/C9H14N2O2/c1-5(2)4-7-8(9(10)12)11-6(3)13-7/h5H,4H2,1-3H3,(H2,10,12). The third-order valence-corrected chi connectivity index (χ3v) is 1.63. The minimum Gasteiger partial charge on any atom is -0.445 e. The molecule has 4 nitrogen and oxygen atoms in total. The third-order valence-electron chi connectivity index (χ3n) is 1.63. The highest BCUT2D eigenvalue weighted by Crippen LogP contribution is 2.14. The first-order chi connectivity index (χ1) is 6.00. The Balaban J connectivity index is 2.97. The molecule has 1 aromatic rings. The average molecular weight is 182 g/mol. The fourth-order valence-electron chi connectivity index (χ4n) is 1.17. The summed E-state index contributed by atoms with van der Waals surface area (Å²) < 4.78 is 5.27. The van der Waals surface area contributed by atoms with Crippen LogP contribution in [0.1, 0.15) is 36.0 Å². The van der Waals surface area contributed by atoms with E-state index in [-0.39, 0.29) is 5.69 Å². The predicted octanol–water partition coefficient (Wildman–Crippen LogP) is 1.28. The van der Waals surface area contributed by atoms with Crippen molar-refractivity contribution in [1.29, 1.82) is 0 Å². The Labute approximate surface area is 77.1 Å². The summed E-state index contributed by atoms with van der Waals surface area (Å²) in [7, 11) is 0. The Morgan fingerprint density at radius 3 is 2.69 bits per heavy atom. The molecule has 0 saturated carbocycles. The normalized spacial score (nSPS) is 10.8. The number of rotatable bonds is 3. The molecule has 1 rings (SSSR count). The maximum Gasteiger partial charge on any atom is 0.270 e. The van der Waals surface area contributed by atoms with Crippen molar-refractivity contribution in [3.05, 3.63) is 17.3 Å². The van der Waals surface area contributed by atoms with Gasteiger partial charge in [0.1, 0.15) is 5.76 Å². The predicted molar refractivity (Wildman–Crippen MR) is 48.3 cm³/mol. The van der Waals surface area contributed by atoms with E-state index >= 15 is 0 Å². The lowest BCUT2D eigenvalue weighted by atomic mass is 10.1. The van der Waals surface area contributed by atoms with Crippen LogP contribution in [0.5, 0.6) is 0 Å². The molecule has 0 fully saturated rings. The van der Waals surface area contributed by atoms with Gasteiger partial charge in [-0.15, -0.1) is 0 Å². The second-order valence-electron chi connectivity index (χ2n) is 3.47. The molecule has 0 aliphatic carbocycles. The zero-order valence-corrected chi connectivity index (χ0v) is 8.13. The van der Waals surface area contributed by atoms with Crippen molar-refractivity contribution in [2.75, 3.05) is 0 Å². The van der Waals surface area contributed by atoms with Crippen LogP contribution in [0.3, 0.4) is 0 Å². The summed E-state index contributed by atoms with van der Waals surface area (Å²) in [6, 6.07) is 0. The van der Waals surface area contributed by atoms with Gasteiger partial charge < -0.3 is 10.2 Å². The fourth-order valence-corrected chi connectivity index (χ4v) is 1.17. The Kier molecular flexibility index (Phi) is 2.70. The van der Waals surface area contributed by atoms with Crippen molar-refractivity contribution < 1.29 is 9.21 Å². The third kappa shape index (κ3) is 2.31. The highest BCUT2D eigenvalue weighted by Gasteiger charge is 2.16. The number of carbonyl (C=O) groups is 1. The van der Waals surface area contributed by atoms with E-state index < -0.39 is 5.91 Å². The number of hydrogen-bond acceptors (Lipinski definition) is 3. The van der Waals surface area contributed by atoms with Crippen molar-refractivity contribution in [1.82, 2.24) is 4.98 Å². The lowest BCUT2D eigenvalue weighted by Gasteiger charge is -2.00. The number of nitrogens with zero attached hydrogens (tertiary/aromatic N) is 1. The van der Waals surface area contributed by atoms with Gasteiger partial charge in [-0.3, -0.25) is 4.79 Å². The number of primary amides is 1. The molecule has 0 atom stereocenters. The van der Waals surface area contributed by atoms with Crippen LogP contribution < -0.4 is 5.73 Å². The molecule has 1 amide bonds. The Morgan fingerprint density at radius 2 is 2.23 bits per heavy atom. The van der Waals surface area contributed by atoms with Gasteiger partial charge >= 0.3 is 0 Å². The number of carbonyl (C=O) groups excluding carboxylic acids is 1. The van der Waals surface area contributed by atoms with Gasteiger partial charge in [0.05, 0.1) is 0 Å². The van der Waals surface area contributed by atoms with E-state index in [0.29, 0.717) is 24.0 Å². The molecule has 13 heavy (non-hydrogen) atoms. The van der Waals surface area contributed by atoms with Crippen LogP contribution in [0, 0.1) is 12.8 Å². The molecule has 1 heterocycles. The molecule has 0 radical (unpaired) electrons.